The SMILES string of the molecule is CC(N)Cc1c(F)cccc1N(C)CCC(F)(F)F. The third-order valence-corrected chi connectivity index (χ3v) is 2.76. The smallest absolute Gasteiger partial charge is 0.374 e. The zero-order valence-corrected chi connectivity index (χ0v) is 11.0. The molecule has 1 aromatic carbocycles. The second-order valence-electron chi connectivity index (χ2n) is 4.71. The van der Waals surface area contributed by atoms with Crippen LogP contribution in [0.15, 0.2) is 18.2 Å². The van der Waals surface area contributed by atoms with Crippen LogP contribution in [0.1, 0.15) is 18.9 Å². The van der Waals surface area contributed by atoms with Gasteiger partial charge in [-0.05, 0) is 25.5 Å². The molecular formula is C13H18F4N2. The highest BCUT2D eigenvalue weighted by molar-refractivity contribution is 5.54. The van der Waals surface area contributed by atoms with Gasteiger partial charge in [0.25, 0.3) is 0 Å². The average Bonchev–Trinajstić information content (AvgIpc) is 2.27. The van der Waals surface area contributed by atoms with Gasteiger partial charge in [0.15, 0.2) is 0 Å². The summed E-state index contributed by atoms with van der Waals surface area (Å²) >= 11 is 0. The van der Waals surface area contributed by atoms with Crippen LogP contribution in [0, 0.1) is 5.82 Å². The quantitative estimate of drug-likeness (QED) is 0.839. The maximum atomic E-state index is 13.7. The average molecular weight is 278 g/mol. The molecule has 0 spiro atoms. The van der Waals surface area contributed by atoms with Crippen molar-refractivity contribution in [3.05, 3.63) is 29.6 Å². The van der Waals surface area contributed by atoms with E-state index in [9.17, 15) is 17.6 Å². The van der Waals surface area contributed by atoms with Gasteiger partial charge >= 0.3 is 6.18 Å². The van der Waals surface area contributed by atoms with Crippen LogP contribution in [0.2, 0.25) is 0 Å². The van der Waals surface area contributed by atoms with Crippen molar-refractivity contribution >= 4 is 5.69 Å². The monoisotopic (exact) mass is 278 g/mol. The van der Waals surface area contributed by atoms with Gasteiger partial charge < -0.3 is 10.6 Å². The van der Waals surface area contributed by atoms with E-state index >= 15 is 0 Å². The number of anilines is 1. The fourth-order valence-corrected chi connectivity index (χ4v) is 1.84. The summed E-state index contributed by atoms with van der Waals surface area (Å²) in [6, 6.07) is 4.13. The second kappa shape index (κ2) is 6.23. The molecule has 0 radical (unpaired) electrons. The Morgan fingerprint density at radius 1 is 1.32 bits per heavy atom. The molecule has 1 aromatic rings. The summed E-state index contributed by atoms with van der Waals surface area (Å²) in [6.45, 7) is 1.52. The van der Waals surface area contributed by atoms with Gasteiger partial charge in [-0.15, -0.1) is 0 Å². The molecule has 2 nitrogen and oxygen atoms in total. The van der Waals surface area contributed by atoms with Crippen LogP contribution >= 0.6 is 0 Å². The van der Waals surface area contributed by atoms with Gasteiger partial charge in [0.1, 0.15) is 5.82 Å². The van der Waals surface area contributed by atoms with Crippen molar-refractivity contribution < 1.29 is 17.6 Å². The van der Waals surface area contributed by atoms with Gasteiger partial charge in [-0.1, -0.05) is 6.07 Å². The minimum atomic E-state index is -4.22. The zero-order valence-electron chi connectivity index (χ0n) is 11.0. The lowest BCUT2D eigenvalue weighted by molar-refractivity contribution is -0.132. The van der Waals surface area contributed by atoms with E-state index in [2.05, 4.69) is 0 Å². The maximum Gasteiger partial charge on any atom is 0.390 e. The molecule has 6 heteroatoms. The van der Waals surface area contributed by atoms with E-state index in [0.29, 0.717) is 17.7 Å². The zero-order chi connectivity index (χ0) is 14.6. The van der Waals surface area contributed by atoms with Gasteiger partial charge in [-0.3, -0.25) is 0 Å². The molecule has 0 bridgehead atoms. The van der Waals surface area contributed by atoms with Crippen LogP contribution in [0.25, 0.3) is 0 Å². The van der Waals surface area contributed by atoms with Gasteiger partial charge in [0, 0.05) is 30.9 Å². The molecule has 0 saturated heterocycles. The topological polar surface area (TPSA) is 29.3 Å². The van der Waals surface area contributed by atoms with Crippen molar-refractivity contribution in [3.8, 4) is 0 Å². The van der Waals surface area contributed by atoms with Crippen molar-refractivity contribution in [2.24, 2.45) is 5.73 Å². The molecule has 0 heterocycles. The van der Waals surface area contributed by atoms with Crippen molar-refractivity contribution in [3.63, 3.8) is 0 Å². The fourth-order valence-electron chi connectivity index (χ4n) is 1.84. The third kappa shape index (κ3) is 5.06. The summed E-state index contributed by atoms with van der Waals surface area (Å²) in [5.74, 6) is -0.436. The fraction of sp³-hybridized carbons (Fsp3) is 0.538. The number of nitrogens with zero attached hydrogens (tertiary/aromatic N) is 1. The van der Waals surface area contributed by atoms with Gasteiger partial charge in [0.05, 0.1) is 6.42 Å². The number of halogens is 4. The molecule has 2 N–H and O–H groups in total. The lowest BCUT2D eigenvalue weighted by Crippen LogP contribution is -2.27. The Balaban J connectivity index is 2.89. The van der Waals surface area contributed by atoms with E-state index in [1.54, 1.807) is 13.0 Å². The Labute approximate surface area is 110 Å². The van der Waals surface area contributed by atoms with Gasteiger partial charge in [0.2, 0.25) is 0 Å². The normalized spacial score (nSPS) is 13.4. The van der Waals surface area contributed by atoms with Crippen molar-refractivity contribution in [1.82, 2.24) is 0 Å². The van der Waals surface area contributed by atoms with E-state index < -0.39 is 18.4 Å². The summed E-state index contributed by atoms with van der Waals surface area (Å²) in [5, 5.41) is 0. The molecule has 1 unspecified atom stereocenters. The Morgan fingerprint density at radius 2 is 1.95 bits per heavy atom. The van der Waals surface area contributed by atoms with E-state index in [0.717, 1.165) is 0 Å². The summed E-state index contributed by atoms with van der Waals surface area (Å²) < 4.78 is 50.3. The van der Waals surface area contributed by atoms with Crippen LogP contribution in [0.5, 0.6) is 0 Å². The van der Waals surface area contributed by atoms with Crippen LogP contribution in [-0.2, 0) is 6.42 Å². The molecule has 0 fully saturated rings. The molecule has 0 aliphatic rings. The standard InChI is InChI=1S/C13H18F4N2/c1-9(18)8-10-11(14)4-3-5-12(10)19(2)7-6-13(15,16)17/h3-5,9H,6-8,18H2,1-2H3. The Kier molecular flexibility index (Phi) is 5.17. The first-order valence-corrected chi connectivity index (χ1v) is 6.01. The van der Waals surface area contributed by atoms with Gasteiger partial charge in [-0.25, -0.2) is 4.39 Å². The second-order valence-corrected chi connectivity index (χ2v) is 4.71. The lowest BCUT2D eigenvalue weighted by atomic mass is 10.0. The summed E-state index contributed by atoms with van der Waals surface area (Å²) in [6.07, 6.45) is -4.86. The van der Waals surface area contributed by atoms with E-state index in [-0.39, 0.29) is 12.6 Å². The van der Waals surface area contributed by atoms with Gasteiger partial charge in [-0.2, -0.15) is 13.2 Å². The third-order valence-electron chi connectivity index (χ3n) is 2.76. The highest BCUT2D eigenvalue weighted by atomic mass is 19.4. The van der Waals surface area contributed by atoms with Crippen molar-refractivity contribution in [2.45, 2.75) is 32.0 Å². The predicted octanol–water partition coefficient (Wildman–Crippen LogP) is 3.10. The number of hydrogen-bond donors (Lipinski definition) is 1. The molecule has 1 atom stereocenters. The van der Waals surface area contributed by atoms with E-state index in [4.69, 9.17) is 5.73 Å². The lowest BCUT2D eigenvalue weighted by Gasteiger charge is -2.24. The van der Waals surface area contributed by atoms with Crippen LogP contribution in [-0.4, -0.2) is 25.8 Å². The number of nitrogens with two attached hydrogens (primary N) is 1. The molecule has 0 aromatic heterocycles. The number of hydrogen-bond acceptors (Lipinski definition) is 2. The summed E-state index contributed by atoms with van der Waals surface area (Å²) in [7, 11) is 1.52. The van der Waals surface area contributed by atoms with Crippen LogP contribution in [0.3, 0.4) is 0 Å². The van der Waals surface area contributed by atoms with Crippen molar-refractivity contribution in [2.75, 3.05) is 18.5 Å². The molecule has 0 amide bonds. The molecule has 0 aliphatic heterocycles. The predicted molar refractivity (Wildman–Crippen MR) is 67.7 cm³/mol. The molecule has 19 heavy (non-hydrogen) atoms. The van der Waals surface area contributed by atoms with E-state index in [1.807, 2.05) is 0 Å². The maximum absolute atomic E-state index is 13.7. The molecule has 0 aliphatic carbocycles. The number of rotatable bonds is 5. The molecule has 108 valence electrons. The largest absolute Gasteiger partial charge is 0.390 e. The molecule has 1 rings (SSSR count). The van der Waals surface area contributed by atoms with Crippen LogP contribution < -0.4 is 10.6 Å². The molecular weight excluding hydrogens is 260 g/mol. The first-order valence-electron chi connectivity index (χ1n) is 6.01. The highest BCUT2D eigenvalue weighted by Gasteiger charge is 2.27. The van der Waals surface area contributed by atoms with E-state index in [1.165, 1.54) is 24.1 Å². The Hall–Kier alpha value is -1.30. The number of alkyl halides is 3. The number of benzene rings is 1. The Bertz CT molecular complexity index is 416. The summed E-state index contributed by atoms with van der Waals surface area (Å²) in [4.78, 5) is 1.41. The van der Waals surface area contributed by atoms with Crippen LogP contribution in [0.4, 0.5) is 23.2 Å². The minimum absolute atomic E-state index is 0.209. The Morgan fingerprint density at radius 3 is 2.47 bits per heavy atom. The van der Waals surface area contributed by atoms with Crippen molar-refractivity contribution in [1.29, 1.82) is 0 Å². The highest BCUT2D eigenvalue weighted by Crippen LogP contribution is 2.26. The summed E-state index contributed by atoms with van der Waals surface area (Å²) in [5.41, 5.74) is 6.46. The first-order chi connectivity index (χ1) is 8.70. The minimum Gasteiger partial charge on any atom is -0.374 e. The molecule has 0 saturated carbocycles. The first kappa shape index (κ1) is 15.8.